The number of hydrogen-bond acceptors (Lipinski definition) is 4. The largest absolute Gasteiger partial charge is 0.345 e. The van der Waals surface area contributed by atoms with E-state index in [1.54, 1.807) is 23.7 Å². The molecule has 2 aromatic heterocycles. The van der Waals surface area contributed by atoms with E-state index in [-0.39, 0.29) is 5.91 Å². The lowest BCUT2D eigenvalue weighted by atomic mass is 10.1. The SMILES string of the molecule is O=C(NCc1nc2ccccc2s1)c1cccc2[nH]cnc12. The van der Waals surface area contributed by atoms with Gasteiger partial charge in [-0.2, -0.15) is 0 Å². The average Bonchev–Trinajstić information content (AvgIpc) is 3.18. The average molecular weight is 308 g/mol. The molecule has 0 spiro atoms. The van der Waals surface area contributed by atoms with Gasteiger partial charge in [-0.25, -0.2) is 9.97 Å². The molecule has 0 saturated heterocycles. The second kappa shape index (κ2) is 5.23. The Morgan fingerprint density at radius 1 is 1.18 bits per heavy atom. The third-order valence-corrected chi connectivity index (χ3v) is 4.47. The molecule has 6 heteroatoms. The van der Waals surface area contributed by atoms with Crippen LogP contribution in [0.2, 0.25) is 0 Å². The number of H-pyrrole nitrogens is 1. The van der Waals surface area contributed by atoms with Crippen LogP contribution >= 0.6 is 11.3 Å². The molecule has 1 amide bonds. The van der Waals surface area contributed by atoms with Crippen LogP contribution in [0.15, 0.2) is 48.8 Å². The van der Waals surface area contributed by atoms with Crippen LogP contribution in [0.5, 0.6) is 0 Å². The van der Waals surface area contributed by atoms with Gasteiger partial charge in [0.05, 0.1) is 34.2 Å². The number of carbonyl (C=O) groups excluding carboxylic acids is 1. The Morgan fingerprint density at radius 3 is 3.00 bits per heavy atom. The molecule has 4 aromatic rings. The molecular formula is C16H12N4OS. The number of nitrogens with one attached hydrogen (secondary N) is 2. The van der Waals surface area contributed by atoms with Gasteiger partial charge >= 0.3 is 0 Å². The highest BCUT2D eigenvalue weighted by Crippen LogP contribution is 2.21. The van der Waals surface area contributed by atoms with Gasteiger partial charge in [0, 0.05) is 0 Å². The summed E-state index contributed by atoms with van der Waals surface area (Å²) < 4.78 is 1.13. The summed E-state index contributed by atoms with van der Waals surface area (Å²) in [6.07, 6.45) is 1.59. The van der Waals surface area contributed by atoms with Crippen LogP contribution < -0.4 is 5.32 Å². The smallest absolute Gasteiger partial charge is 0.253 e. The van der Waals surface area contributed by atoms with Crippen molar-refractivity contribution in [2.45, 2.75) is 6.54 Å². The highest BCUT2D eigenvalue weighted by atomic mass is 32.1. The van der Waals surface area contributed by atoms with E-state index in [9.17, 15) is 4.79 Å². The molecule has 0 aliphatic rings. The van der Waals surface area contributed by atoms with Crippen molar-refractivity contribution in [3.05, 3.63) is 59.4 Å². The molecule has 0 aliphatic heterocycles. The first-order valence-electron chi connectivity index (χ1n) is 6.86. The van der Waals surface area contributed by atoms with E-state index in [4.69, 9.17) is 0 Å². The minimum absolute atomic E-state index is 0.142. The Balaban J connectivity index is 1.56. The number of fused-ring (bicyclic) bond motifs is 2. The maximum atomic E-state index is 12.4. The van der Waals surface area contributed by atoms with Crippen molar-refractivity contribution in [2.24, 2.45) is 0 Å². The molecule has 0 radical (unpaired) electrons. The first-order valence-corrected chi connectivity index (χ1v) is 7.68. The van der Waals surface area contributed by atoms with E-state index in [0.29, 0.717) is 17.6 Å². The van der Waals surface area contributed by atoms with Crippen LogP contribution in [-0.2, 0) is 6.54 Å². The molecule has 0 fully saturated rings. The molecule has 0 bridgehead atoms. The van der Waals surface area contributed by atoms with Gasteiger partial charge in [0.15, 0.2) is 0 Å². The summed E-state index contributed by atoms with van der Waals surface area (Å²) in [5, 5.41) is 3.81. The second-order valence-corrected chi connectivity index (χ2v) is 5.98. The van der Waals surface area contributed by atoms with Crippen molar-refractivity contribution in [1.29, 1.82) is 0 Å². The number of rotatable bonds is 3. The van der Waals surface area contributed by atoms with Gasteiger partial charge < -0.3 is 10.3 Å². The summed E-state index contributed by atoms with van der Waals surface area (Å²) in [4.78, 5) is 24.1. The minimum Gasteiger partial charge on any atom is -0.345 e. The van der Waals surface area contributed by atoms with Gasteiger partial charge in [-0.15, -0.1) is 11.3 Å². The third kappa shape index (κ3) is 2.23. The Bertz CT molecular complexity index is 939. The number of hydrogen-bond donors (Lipinski definition) is 2. The Hall–Kier alpha value is -2.73. The number of para-hydroxylation sites is 2. The first kappa shape index (κ1) is 13.0. The molecule has 0 atom stereocenters. The van der Waals surface area contributed by atoms with Crippen molar-refractivity contribution in [3.8, 4) is 0 Å². The van der Waals surface area contributed by atoms with Gasteiger partial charge in [-0.1, -0.05) is 18.2 Å². The van der Waals surface area contributed by atoms with Gasteiger partial charge in [-0.05, 0) is 24.3 Å². The summed E-state index contributed by atoms with van der Waals surface area (Å²) in [5.41, 5.74) is 3.07. The predicted molar refractivity (Wildman–Crippen MR) is 86.9 cm³/mol. The van der Waals surface area contributed by atoms with Gasteiger partial charge in [0.1, 0.15) is 10.5 Å². The molecule has 4 rings (SSSR count). The van der Waals surface area contributed by atoms with Gasteiger partial charge in [-0.3, -0.25) is 4.79 Å². The molecule has 2 heterocycles. The van der Waals surface area contributed by atoms with Crippen molar-refractivity contribution < 1.29 is 4.79 Å². The van der Waals surface area contributed by atoms with E-state index in [1.165, 1.54) is 0 Å². The van der Waals surface area contributed by atoms with Crippen LogP contribution in [0.3, 0.4) is 0 Å². The molecule has 0 aliphatic carbocycles. The van der Waals surface area contributed by atoms with Crippen LogP contribution in [0.25, 0.3) is 21.3 Å². The standard InChI is InChI=1S/C16H12N4OS/c21-16(10-4-3-6-12-15(10)19-9-18-12)17-8-14-20-11-5-1-2-7-13(11)22-14/h1-7,9H,8H2,(H,17,21)(H,18,19). The monoisotopic (exact) mass is 308 g/mol. The molecule has 108 valence electrons. The molecule has 2 N–H and O–H groups in total. The number of amides is 1. The highest BCUT2D eigenvalue weighted by Gasteiger charge is 2.12. The number of aromatic nitrogens is 3. The van der Waals surface area contributed by atoms with E-state index >= 15 is 0 Å². The molecule has 2 aromatic carbocycles. The number of nitrogens with zero attached hydrogens (tertiary/aromatic N) is 2. The summed E-state index contributed by atoms with van der Waals surface area (Å²) in [7, 11) is 0. The molecule has 0 saturated carbocycles. The van der Waals surface area contributed by atoms with E-state index < -0.39 is 0 Å². The minimum atomic E-state index is -0.142. The number of imidazole rings is 1. The van der Waals surface area contributed by atoms with Gasteiger partial charge in [0.25, 0.3) is 5.91 Å². The lowest BCUT2D eigenvalue weighted by Gasteiger charge is -2.03. The van der Waals surface area contributed by atoms with E-state index in [1.807, 2.05) is 36.4 Å². The van der Waals surface area contributed by atoms with Crippen LogP contribution in [-0.4, -0.2) is 20.9 Å². The topological polar surface area (TPSA) is 70.7 Å². The van der Waals surface area contributed by atoms with Crippen LogP contribution in [0.1, 0.15) is 15.4 Å². The zero-order chi connectivity index (χ0) is 14.9. The fraction of sp³-hybridized carbons (Fsp3) is 0.0625. The molecule has 5 nitrogen and oxygen atoms in total. The fourth-order valence-corrected chi connectivity index (χ4v) is 3.30. The second-order valence-electron chi connectivity index (χ2n) is 4.86. The summed E-state index contributed by atoms with van der Waals surface area (Å²) in [6, 6.07) is 13.5. The number of carbonyl (C=O) groups is 1. The lowest BCUT2D eigenvalue weighted by Crippen LogP contribution is -2.22. The zero-order valence-electron chi connectivity index (χ0n) is 11.5. The van der Waals surface area contributed by atoms with Crippen molar-refractivity contribution >= 4 is 38.5 Å². The Kier molecular flexibility index (Phi) is 3.08. The van der Waals surface area contributed by atoms with Crippen molar-refractivity contribution in [2.75, 3.05) is 0 Å². The van der Waals surface area contributed by atoms with Gasteiger partial charge in [0.2, 0.25) is 0 Å². The normalized spacial score (nSPS) is 11.1. The first-order chi connectivity index (χ1) is 10.8. The molecular weight excluding hydrogens is 296 g/mol. The summed E-state index contributed by atoms with van der Waals surface area (Å²) >= 11 is 1.59. The Morgan fingerprint density at radius 2 is 2.09 bits per heavy atom. The number of benzene rings is 2. The number of aromatic amines is 1. The number of thiazole rings is 1. The van der Waals surface area contributed by atoms with Crippen LogP contribution in [0.4, 0.5) is 0 Å². The predicted octanol–water partition coefficient (Wildman–Crippen LogP) is 3.10. The maximum Gasteiger partial charge on any atom is 0.253 e. The molecule has 22 heavy (non-hydrogen) atoms. The van der Waals surface area contributed by atoms with Crippen molar-refractivity contribution in [1.82, 2.24) is 20.3 Å². The summed E-state index contributed by atoms with van der Waals surface area (Å²) in [5.74, 6) is -0.142. The zero-order valence-corrected chi connectivity index (χ0v) is 12.4. The van der Waals surface area contributed by atoms with Crippen molar-refractivity contribution in [3.63, 3.8) is 0 Å². The van der Waals surface area contributed by atoms with E-state index in [2.05, 4.69) is 20.3 Å². The quantitative estimate of drug-likeness (QED) is 0.611. The highest BCUT2D eigenvalue weighted by molar-refractivity contribution is 7.18. The van der Waals surface area contributed by atoms with Crippen LogP contribution in [0, 0.1) is 0 Å². The lowest BCUT2D eigenvalue weighted by molar-refractivity contribution is 0.0952. The molecule has 0 unspecified atom stereocenters. The third-order valence-electron chi connectivity index (χ3n) is 3.43. The maximum absolute atomic E-state index is 12.4. The summed E-state index contributed by atoms with van der Waals surface area (Å²) in [6.45, 7) is 0.416. The van der Waals surface area contributed by atoms with E-state index in [0.717, 1.165) is 20.7 Å². The Labute approximate surface area is 130 Å². The fourth-order valence-electron chi connectivity index (χ4n) is 2.40.